The fourth-order valence-electron chi connectivity index (χ4n) is 2.43. The number of H-pyrrole nitrogens is 1. The summed E-state index contributed by atoms with van der Waals surface area (Å²) in [6.07, 6.45) is 0. The van der Waals surface area contributed by atoms with Crippen molar-refractivity contribution >= 4 is 5.82 Å². The van der Waals surface area contributed by atoms with E-state index in [-0.39, 0.29) is 23.5 Å². The SMILES string of the molecule is Cc1cc(C)c(CNc2c(C#N)c(=O)n(C)c(=O)n2C)c(=O)[nH]1. The minimum atomic E-state index is -0.673. The Labute approximate surface area is 131 Å². The van der Waals surface area contributed by atoms with E-state index in [1.54, 1.807) is 19.9 Å². The summed E-state index contributed by atoms with van der Waals surface area (Å²) in [5, 5.41) is 12.1. The summed E-state index contributed by atoms with van der Waals surface area (Å²) in [4.78, 5) is 38.7. The fraction of sp³-hybridized carbons (Fsp3) is 0.333. The van der Waals surface area contributed by atoms with Gasteiger partial charge in [-0.2, -0.15) is 5.26 Å². The van der Waals surface area contributed by atoms with E-state index in [0.717, 1.165) is 15.8 Å². The highest BCUT2D eigenvalue weighted by Crippen LogP contribution is 2.10. The van der Waals surface area contributed by atoms with Crippen molar-refractivity contribution in [2.45, 2.75) is 20.4 Å². The number of nitriles is 1. The summed E-state index contributed by atoms with van der Waals surface area (Å²) in [5.74, 6) is 0.0972. The van der Waals surface area contributed by atoms with Gasteiger partial charge in [0.1, 0.15) is 11.9 Å². The van der Waals surface area contributed by atoms with E-state index in [4.69, 9.17) is 0 Å². The molecule has 8 nitrogen and oxygen atoms in total. The van der Waals surface area contributed by atoms with Gasteiger partial charge in [-0.25, -0.2) is 4.79 Å². The minimum absolute atomic E-state index is 0.0938. The largest absolute Gasteiger partial charge is 0.366 e. The Morgan fingerprint density at radius 2 is 1.87 bits per heavy atom. The monoisotopic (exact) mass is 315 g/mol. The van der Waals surface area contributed by atoms with Crippen molar-refractivity contribution in [1.29, 1.82) is 5.26 Å². The molecule has 2 aromatic rings. The number of aromatic nitrogens is 3. The lowest BCUT2D eigenvalue weighted by Crippen LogP contribution is -2.40. The van der Waals surface area contributed by atoms with Gasteiger partial charge in [0.2, 0.25) is 0 Å². The quantitative estimate of drug-likeness (QED) is 0.819. The lowest BCUT2D eigenvalue weighted by atomic mass is 10.1. The van der Waals surface area contributed by atoms with E-state index in [0.29, 0.717) is 5.56 Å². The Morgan fingerprint density at radius 3 is 2.43 bits per heavy atom. The molecule has 0 radical (unpaired) electrons. The van der Waals surface area contributed by atoms with E-state index in [1.807, 2.05) is 6.07 Å². The second kappa shape index (κ2) is 5.96. The van der Waals surface area contributed by atoms with Crippen molar-refractivity contribution in [3.8, 4) is 6.07 Å². The van der Waals surface area contributed by atoms with Gasteiger partial charge in [-0.05, 0) is 25.5 Å². The van der Waals surface area contributed by atoms with E-state index in [9.17, 15) is 19.6 Å². The molecule has 0 aliphatic heterocycles. The fourth-order valence-corrected chi connectivity index (χ4v) is 2.43. The molecule has 23 heavy (non-hydrogen) atoms. The zero-order chi connectivity index (χ0) is 17.3. The van der Waals surface area contributed by atoms with Gasteiger partial charge in [-0.3, -0.25) is 18.7 Å². The Balaban J connectivity index is 2.52. The van der Waals surface area contributed by atoms with Crippen molar-refractivity contribution in [2.75, 3.05) is 5.32 Å². The molecule has 0 saturated heterocycles. The van der Waals surface area contributed by atoms with Crippen LogP contribution in [-0.4, -0.2) is 14.1 Å². The maximum absolute atomic E-state index is 12.0. The van der Waals surface area contributed by atoms with Gasteiger partial charge in [0.05, 0.1) is 0 Å². The highest BCUT2D eigenvalue weighted by atomic mass is 16.2. The molecule has 8 heteroatoms. The first-order valence-corrected chi connectivity index (χ1v) is 6.91. The molecular formula is C15H17N5O3. The maximum Gasteiger partial charge on any atom is 0.332 e. The zero-order valence-electron chi connectivity index (χ0n) is 13.4. The van der Waals surface area contributed by atoms with Gasteiger partial charge in [-0.1, -0.05) is 0 Å². The maximum atomic E-state index is 12.0. The number of aromatic amines is 1. The van der Waals surface area contributed by atoms with Crippen molar-refractivity contribution in [3.63, 3.8) is 0 Å². The molecule has 0 saturated carbocycles. The summed E-state index contributed by atoms with van der Waals surface area (Å²) < 4.78 is 2.05. The van der Waals surface area contributed by atoms with Crippen LogP contribution in [0.4, 0.5) is 5.82 Å². The molecule has 0 aromatic carbocycles. The van der Waals surface area contributed by atoms with Crippen molar-refractivity contribution in [2.24, 2.45) is 14.1 Å². The minimum Gasteiger partial charge on any atom is -0.366 e. The molecule has 2 N–H and O–H groups in total. The molecule has 0 spiro atoms. The number of nitrogens with zero attached hydrogens (tertiary/aromatic N) is 3. The molecule has 2 aromatic heterocycles. The van der Waals surface area contributed by atoms with E-state index < -0.39 is 11.2 Å². The summed E-state index contributed by atoms with van der Waals surface area (Å²) in [6.45, 7) is 3.67. The molecule has 0 aliphatic carbocycles. The third-order valence-electron chi connectivity index (χ3n) is 3.70. The topological polar surface area (TPSA) is 113 Å². The number of nitrogens with one attached hydrogen (secondary N) is 2. The number of pyridine rings is 1. The van der Waals surface area contributed by atoms with Crippen LogP contribution in [-0.2, 0) is 20.6 Å². The van der Waals surface area contributed by atoms with Crippen LogP contribution in [0.1, 0.15) is 22.4 Å². The van der Waals surface area contributed by atoms with Gasteiger partial charge in [-0.15, -0.1) is 0 Å². The lowest BCUT2D eigenvalue weighted by Gasteiger charge is -2.14. The van der Waals surface area contributed by atoms with Crippen LogP contribution in [0.25, 0.3) is 0 Å². The summed E-state index contributed by atoms with van der Waals surface area (Å²) >= 11 is 0. The molecule has 0 atom stereocenters. The Kier molecular flexibility index (Phi) is 4.22. The van der Waals surface area contributed by atoms with Crippen LogP contribution in [0, 0.1) is 25.2 Å². The predicted molar refractivity (Wildman–Crippen MR) is 85.5 cm³/mol. The van der Waals surface area contributed by atoms with Crippen LogP contribution < -0.4 is 22.1 Å². The van der Waals surface area contributed by atoms with Gasteiger partial charge >= 0.3 is 5.69 Å². The van der Waals surface area contributed by atoms with Crippen LogP contribution in [0.3, 0.4) is 0 Å². The molecule has 120 valence electrons. The van der Waals surface area contributed by atoms with Crippen LogP contribution in [0.15, 0.2) is 20.4 Å². The number of hydrogen-bond donors (Lipinski definition) is 2. The summed E-state index contributed by atoms with van der Waals surface area (Å²) in [5.41, 5.74) is 0.366. The molecule has 2 heterocycles. The first-order chi connectivity index (χ1) is 10.8. The number of rotatable bonds is 3. The Morgan fingerprint density at radius 1 is 1.22 bits per heavy atom. The van der Waals surface area contributed by atoms with Crippen LogP contribution >= 0.6 is 0 Å². The second-order valence-corrected chi connectivity index (χ2v) is 5.34. The average Bonchev–Trinajstić information content (AvgIpc) is 2.49. The van der Waals surface area contributed by atoms with Gasteiger partial charge in [0, 0.05) is 31.9 Å². The van der Waals surface area contributed by atoms with E-state index in [1.165, 1.54) is 18.7 Å². The van der Waals surface area contributed by atoms with Gasteiger partial charge < -0.3 is 10.3 Å². The molecule has 0 unspecified atom stereocenters. The zero-order valence-corrected chi connectivity index (χ0v) is 13.4. The first kappa shape index (κ1) is 16.3. The third-order valence-corrected chi connectivity index (χ3v) is 3.70. The van der Waals surface area contributed by atoms with Crippen molar-refractivity contribution in [1.82, 2.24) is 14.1 Å². The number of hydrogen-bond acceptors (Lipinski definition) is 5. The molecule has 2 rings (SSSR count). The highest BCUT2D eigenvalue weighted by molar-refractivity contribution is 5.51. The second-order valence-electron chi connectivity index (χ2n) is 5.34. The molecular weight excluding hydrogens is 298 g/mol. The van der Waals surface area contributed by atoms with Crippen LogP contribution in [0.5, 0.6) is 0 Å². The third kappa shape index (κ3) is 2.81. The predicted octanol–water partition coefficient (Wildman–Crippen LogP) is -0.127. The first-order valence-electron chi connectivity index (χ1n) is 6.91. The summed E-state index contributed by atoms with van der Waals surface area (Å²) in [7, 11) is 2.77. The number of anilines is 1. The Bertz CT molecular complexity index is 988. The average molecular weight is 315 g/mol. The standard InChI is InChI=1S/C15H17N5O3/c1-8-5-9(2)18-13(21)11(8)7-17-12-10(6-16)14(22)20(4)15(23)19(12)3/h5,17H,7H2,1-4H3,(H,18,21). The highest BCUT2D eigenvalue weighted by Gasteiger charge is 2.16. The lowest BCUT2D eigenvalue weighted by molar-refractivity contribution is 0.685. The van der Waals surface area contributed by atoms with Gasteiger partial charge in [0.15, 0.2) is 5.56 Å². The molecule has 0 aliphatic rings. The number of aryl methyl sites for hydroxylation is 2. The summed E-state index contributed by atoms with van der Waals surface area (Å²) in [6, 6.07) is 3.63. The van der Waals surface area contributed by atoms with Crippen LogP contribution in [0.2, 0.25) is 0 Å². The molecule has 0 bridgehead atoms. The normalized spacial score (nSPS) is 10.4. The molecule has 0 amide bonds. The smallest absolute Gasteiger partial charge is 0.332 e. The van der Waals surface area contributed by atoms with E-state index in [2.05, 4.69) is 10.3 Å². The van der Waals surface area contributed by atoms with Gasteiger partial charge in [0.25, 0.3) is 11.1 Å². The van der Waals surface area contributed by atoms with E-state index >= 15 is 0 Å². The van der Waals surface area contributed by atoms with Crippen molar-refractivity contribution < 1.29 is 0 Å². The Hall–Kier alpha value is -3.08. The molecule has 0 fully saturated rings. The van der Waals surface area contributed by atoms with Crippen molar-refractivity contribution in [3.05, 3.63) is 59.6 Å².